The Bertz CT molecular complexity index is 1110. The molecule has 1 heterocycles. The molecule has 0 aliphatic heterocycles. The van der Waals surface area contributed by atoms with Gasteiger partial charge in [0.15, 0.2) is 0 Å². The average molecular weight is 374 g/mol. The summed E-state index contributed by atoms with van der Waals surface area (Å²) in [6.07, 6.45) is 0.252. The maximum atomic E-state index is 12.0. The van der Waals surface area contributed by atoms with Crippen molar-refractivity contribution in [3.8, 4) is 34.3 Å². The smallest absolute Gasteiger partial charge is 0.345 e. The third-order valence-corrected chi connectivity index (χ3v) is 4.22. The predicted octanol–water partition coefficient (Wildman–Crippen LogP) is 2.76. The van der Waals surface area contributed by atoms with Crippen molar-refractivity contribution in [2.75, 3.05) is 6.54 Å². The number of phenols is 1. The van der Waals surface area contributed by atoms with Gasteiger partial charge in [0.1, 0.15) is 5.75 Å². The van der Waals surface area contributed by atoms with Crippen molar-refractivity contribution in [1.29, 1.82) is 5.26 Å². The van der Waals surface area contributed by atoms with Crippen LogP contribution in [0.2, 0.25) is 0 Å². The summed E-state index contributed by atoms with van der Waals surface area (Å²) in [5, 5.41) is 20.9. The van der Waals surface area contributed by atoms with Gasteiger partial charge in [0.2, 0.25) is 0 Å². The molecule has 0 atom stereocenters. The Balaban J connectivity index is 1.89. The summed E-state index contributed by atoms with van der Waals surface area (Å²) in [4.78, 5) is 30.7. The van der Waals surface area contributed by atoms with Crippen LogP contribution < -0.4 is 11.0 Å². The molecule has 1 amide bonds. The van der Waals surface area contributed by atoms with Crippen LogP contribution in [0.15, 0.2) is 53.3 Å². The predicted molar refractivity (Wildman–Crippen MR) is 105 cm³/mol. The van der Waals surface area contributed by atoms with E-state index in [2.05, 4.69) is 15.3 Å². The summed E-state index contributed by atoms with van der Waals surface area (Å²) in [5.74, 6) is -0.0808. The van der Waals surface area contributed by atoms with Crippen LogP contribution in [0, 0.1) is 18.3 Å². The SMILES string of the molecule is Cc1cc(-c2cc(-c3ccc(C(=O)NCCC#N)cc3)[nH]c(=O)n2)ccc1O. The number of nitriles is 1. The van der Waals surface area contributed by atoms with Gasteiger partial charge in [-0.25, -0.2) is 4.79 Å². The number of amides is 1. The zero-order chi connectivity index (χ0) is 20.1. The molecule has 3 N–H and O–H groups in total. The molecule has 0 saturated carbocycles. The number of aryl methyl sites for hydroxylation is 1. The quantitative estimate of drug-likeness (QED) is 0.593. The Morgan fingerprint density at radius 1 is 1.18 bits per heavy atom. The minimum Gasteiger partial charge on any atom is -0.508 e. The molecule has 7 heteroatoms. The number of nitrogens with zero attached hydrogens (tertiary/aromatic N) is 2. The van der Waals surface area contributed by atoms with Crippen molar-refractivity contribution >= 4 is 5.91 Å². The number of rotatable bonds is 5. The summed E-state index contributed by atoms with van der Waals surface area (Å²) >= 11 is 0. The number of nitrogens with one attached hydrogen (secondary N) is 2. The first-order chi connectivity index (χ1) is 13.5. The normalized spacial score (nSPS) is 10.3. The molecule has 0 unspecified atom stereocenters. The zero-order valence-electron chi connectivity index (χ0n) is 15.2. The van der Waals surface area contributed by atoms with Gasteiger partial charge in [-0.05, 0) is 54.4 Å². The van der Waals surface area contributed by atoms with Gasteiger partial charge in [-0.3, -0.25) is 4.79 Å². The lowest BCUT2D eigenvalue weighted by Crippen LogP contribution is -2.24. The highest BCUT2D eigenvalue weighted by Crippen LogP contribution is 2.26. The zero-order valence-corrected chi connectivity index (χ0v) is 15.2. The summed E-state index contributed by atoms with van der Waals surface area (Å²) in [5.41, 5.74) is 3.16. The van der Waals surface area contributed by atoms with Crippen molar-refractivity contribution in [2.45, 2.75) is 13.3 Å². The highest BCUT2D eigenvalue weighted by Gasteiger charge is 2.09. The average Bonchev–Trinajstić information content (AvgIpc) is 2.70. The molecule has 3 aromatic rings. The van der Waals surface area contributed by atoms with Gasteiger partial charge in [0, 0.05) is 17.7 Å². The van der Waals surface area contributed by atoms with Crippen molar-refractivity contribution in [3.05, 3.63) is 70.1 Å². The molecule has 28 heavy (non-hydrogen) atoms. The Labute approximate surface area is 161 Å². The lowest BCUT2D eigenvalue weighted by atomic mass is 10.0. The van der Waals surface area contributed by atoms with E-state index in [-0.39, 0.29) is 18.1 Å². The summed E-state index contributed by atoms with van der Waals surface area (Å²) in [7, 11) is 0. The Morgan fingerprint density at radius 3 is 2.57 bits per heavy atom. The van der Waals surface area contributed by atoms with E-state index in [9.17, 15) is 14.7 Å². The second-order valence-electron chi connectivity index (χ2n) is 6.23. The third-order valence-electron chi connectivity index (χ3n) is 4.22. The van der Waals surface area contributed by atoms with Gasteiger partial charge in [-0.1, -0.05) is 12.1 Å². The maximum absolute atomic E-state index is 12.0. The summed E-state index contributed by atoms with van der Waals surface area (Å²) in [6.45, 7) is 2.07. The van der Waals surface area contributed by atoms with E-state index >= 15 is 0 Å². The maximum Gasteiger partial charge on any atom is 0.345 e. The van der Waals surface area contributed by atoms with Gasteiger partial charge in [0.05, 0.1) is 23.9 Å². The summed E-state index contributed by atoms with van der Waals surface area (Å²) in [6, 6.07) is 15.5. The molecular formula is C21H18N4O3. The Morgan fingerprint density at radius 2 is 1.89 bits per heavy atom. The van der Waals surface area contributed by atoms with E-state index in [1.54, 1.807) is 55.5 Å². The molecule has 0 aliphatic rings. The molecule has 0 spiro atoms. The van der Waals surface area contributed by atoms with Crippen molar-refractivity contribution < 1.29 is 9.90 Å². The number of H-pyrrole nitrogens is 1. The van der Waals surface area contributed by atoms with Crippen LogP contribution in [0.25, 0.3) is 22.5 Å². The van der Waals surface area contributed by atoms with Gasteiger partial charge >= 0.3 is 5.69 Å². The summed E-state index contributed by atoms with van der Waals surface area (Å²) < 4.78 is 0. The van der Waals surface area contributed by atoms with Gasteiger partial charge in [-0.2, -0.15) is 10.2 Å². The minimum absolute atomic E-state index is 0.178. The van der Waals surface area contributed by atoms with Gasteiger partial charge < -0.3 is 15.4 Å². The van der Waals surface area contributed by atoms with E-state index < -0.39 is 5.69 Å². The largest absolute Gasteiger partial charge is 0.508 e. The van der Waals surface area contributed by atoms with Crippen LogP contribution in [-0.2, 0) is 0 Å². The van der Waals surface area contributed by atoms with Gasteiger partial charge in [0.25, 0.3) is 5.91 Å². The van der Waals surface area contributed by atoms with E-state index in [4.69, 9.17) is 5.26 Å². The molecule has 2 aromatic carbocycles. The number of hydrogen-bond acceptors (Lipinski definition) is 5. The lowest BCUT2D eigenvalue weighted by Gasteiger charge is -2.08. The van der Waals surface area contributed by atoms with E-state index in [0.717, 1.165) is 11.1 Å². The van der Waals surface area contributed by atoms with E-state index in [1.165, 1.54) is 0 Å². The lowest BCUT2D eigenvalue weighted by molar-refractivity contribution is 0.0954. The molecule has 0 aliphatic carbocycles. The van der Waals surface area contributed by atoms with Crippen molar-refractivity contribution in [3.63, 3.8) is 0 Å². The molecule has 3 rings (SSSR count). The van der Waals surface area contributed by atoms with Crippen molar-refractivity contribution in [1.82, 2.24) is 15.3 Å². The Kier molecular flexibility index (Phi) is 5.51. The first-order valence-electron chi connectivity index (χ1n) is 8.65. The molecule has 0 bridgehead atoms. The van der Waals surface area contributed by atoms with Crippen LogP contribution >= 0.6 is 0 Å². The highest BCUT2D eigenvalue weighted by molar-refractivity contribution is 5.94. The monoisotopic (exact) mass is 374 g/mol. The van der Waals surface area contributed by atoms with Crippen LogP contribution in [0.3, 0.4) is 0 Å². The number of phenolic OH excluding ortho intramolecular Hbond substituents is 1. The molecule has 0 saturated heterocycles. The number of hydrogen-bond donors (Lipinski definition) is 3. The van der Waals surface area contributed by atoms with Gasteiger partial charge in [-0.15, -0.1) is 0 Å². The number of carbonyl (C=O) groups excluding carboxylic acids is 1. The van der Waals surface area contributed by atoms with Crippen LogP contribution in [0.5, 0.6) is 5.75 Å². The van der Waals surface area contributed by atoms with Crippen LogP contribution in [0.1, 0.15) is 22.3 Å². The Hall–Kier alpha value is -3.92. The third kappa shape index (κ3) is 4.24. The number of carbonyl (C=O) groups is 1. The number of aromatic amines is 1. The molecule has 7 nitrogen and oxygen atoms in total. The molecule has 0 radical (unpaired) electrons. The fourth-order valence-electron chi connectivity index (χ4n) is 2.71. The fraction of sp³-hybridized carbons (Fsp3) is 0.143. The van der Waals surface area contributed by atoms with E-state index in [1.807, 2.05) is 6.07 Å². The number of benzene rings is 2. The standard InChI is InChI=1S/C21H18N4O3/c1-13-11-16(7-8-19(13)26)18-12-17(24-21(28)25-18)14-3-5-15(6-4-14)20(27)23-10-2-9-22/h3-8,11-12,26H,2,10H2,1H3,(H,23,27)(H,24,25,28). The molecule has 1 aromatic heterocycles. The second-order valence-corrected chi connectivity index (χ2v) is 6.23. The molecular weight excluding hydrogens is 356 g/mol. The van der Waals surface area contributed by atoms with Crippen molar-refractivity contribution in [2.24, 2.45) is 0 Å². The van der Waals surface area contributed by atoms with Crippen LogP contribution in [-0.4, -0.2) is 27.5 Å². The van der Waals surface area contributed by atoms with Crippen LogP contribution in [0.4, 0.5) is 0 Å². The number of aromatic nitrogens is 2. The molecule has 0 fully saturated rings. The fourth-order valence-corrected chi connectivity index (χ4v) is 2.71. The highest BCUT2D eigenvalue weighted by atomic mass is 16.3. The van der Waals surface area contributed by atoms with E-state index in [0.29, 0.717) is 29.1 Å². The minimum atomic E-state index is -0.489. The second kappa shape index (κ2) is 8.18. The first-order valence-corrected chi connectivity index (χ1v) is 8.65. The topological polar surface area (TPSA) is 119 Å². The number of aromatic hydroxyl groups is 1. The first kappa shape index (κ1) is 18.9. The molecule has 140 valence electrons.